The molecule has 6 heteroatoms. The molecule has 0 fully saturated rings. The Hall–Kier alpha value is -1.85. The van der Waals surface area contributed by atoms with E-state index in [-0.39, 0.29) is 13.2 Å². The van der Waals surface area contributed by atoms with Crippen molar-refractivity contribution in [1.82, 2.24) is 5.32 Å². The van der Waals surface area contributed by atoms with Gasteiger partial charge in [0, 0.05) is 0 Å². The number of carbonyl (C=O) groups excluding carboxylic acids is 3. The number of nitrogens with one attached hydrogen (secondary N) is 1. The molecule has 0 aromatic rings. The Morgan fingerprint density at radius 2 is 1.59 bits per heavy atom. The monoisotopic (exact) mass is 243 g/mol. The van der Waals surface area contributed by atoms with E-state index in [1.165, 1.54) is 12.2 Å². The Bertz CT molecular complexity index is 293. The lowest BCUT2D eigenvalue weighted by atomic mass is 10.3. The molecule has 0 bridgehead atoms. The first-order valence-electron chi connectivity index (χ1n) is 5.33. The number of hydrogen-bond acceptors (Lipinski definition) is 5. The van der Waals surface area contributed by atoms with Crippen molar-refractivity contribution in [2.24, 2.45) is 0 Å². The van der Waals surface area contributed by atoms with Gasteiger partial charge in [-0.2, -0.15) is 0 Å². The zero-order valence-corrected chi connectivity index (χ0v) is 10.2. The summed E-state index contributed by atoms with van der Waals surface area (Å²) in [5.41, 5.74) is 0. The van der Waals surface area contributed by atoms with E-state index in [1.807, 2.05) is 0 Å². The predicted molar refractivity (Wildman–Crippen MR) is 60.0 cm³/mol. The molecule has 6 nitrogen and oxygen atoms in total. The lowest BCUT2D eigenvalue weighted by Gasteiger charge is -2.14. The fourth-order valence-electron chi connectivity index (χ4n) is 1.01. The van der Waals surface area contributed by atoms with E-state index in [2.05, 4.69) is 14.8 Å². The molecule has 0 spiro atoms. The van der Waals surface area contributed by atoms with E-state index >= 15 is 0 Å². The smallest absolute Gasteiger partial charge is 0.340 e. The molecule has 96 valence electrons. The zero-order chi connectivity index (χ0) is 13.3. The SMILES string of the molecule is C/C=C/C(=O)NC(C(=O)OCC)C(=O)OCC. The zero-order valence-electron chi connectivity index (χ0n) is 10.2. The van der Waals surface area contributed by atoms with Crippen LogP contribution in [0.25, 0.3) is 0 Å². The Morgan fingerprint density at radius 3 is 1.94 bits per heavy atom. The molecule has 0 rings (SSSR count). The summed E-state index contributed by atoms with van der Waals surface area (Å²) in [6.45, 7) is 5.09. The standard InChI is InChI=1S/C11H17NO5/c1-4-7-8(13)12-9(10(14)16-5-2)11(15)17-6-3/h4,7,9H,5-6H2,1-3H3,(H,12,13)/b7-4+. The van der Waals surface area contributed by atoms with Gasteiger partial charge in [0.15, 0.2) is 0 Å². The minimum Gasteiger partial charge on any atom is -0.464 e. The van der Waals surface area contributed by atoms with Gasteiger partial charge in [0.2, 0.25) is 11.9 Å². The van der Waals surface area contributed by atoms with Crippen molar-refractivity contribution in [1.29, 1.82) is 0 Å². The molecule has 0 aliphatic rings. The predicted octanol–water partition coefficient (Wildman–Crippen LogP) is 0.173. The minimum atomic E-state index is -1.42. The third kappa shape index (κ3) is 5.70. The van der Waals surface area contributed by atoms with Crippen LogP contribution in [-0.2, 0) is 23.9 Å². The van der Waals surface area contributed by atoms with Crippen LogP contribution in [0.1, 0.15) is 20.8 Å². The lowest BCUT2D eigenvalue weighted by Crippen LogP contribution is -2.47. The van der Waals surface area contributed by atoms with Crippen LogP contribution in [0.3, 0.4) is 0 Å². The number of allylic oxidation sites excluding steroid dienone is 1. The van der Waals surface area contributed by atoms with Gasteiger partial charge in [-0.25, -0.2) is 9.59 Å². The summed E-state index contributed by atoms with van der Waals surface area (Å²) in [5.74, 6) is -2.22. The first-order chi connectivity index (χ1) is 8.06. The third-order valence-corrected chi connectivity index (χ3v) is 1.65. The van der Waals surface area contributed by atoms with Gasteiger partial charge in [0.25, 0.3) is 0 Å². The topological polar surface area (TPSA) is 81.7 Å². The van der Waals surface area contributed by atoms with Gasteiger partial charge >= 0.3 is 11.9 Å². The minimum absolute atomic E-state index is 0.119. The summed E-state index contributed by atoms with van der Waals surface area (Å²) in [5, 5.41) is 2.21. The normalized spacial score (nSPS) is 10.4. The van der Waals surface area contributed by atoms with Gasteiger partial charge in [0.1, 0.15) is 0 Å². The molecular weight excluding hydrogens is 226 g/mol. The molecule has 0 saturated heterocycles. The van der Waals surface area contributed by atoms with Crippen molar-refractivity contribution in [3.63, 3.8) is 0 Å². The molecule has 0 saturated carbocycles. The van der Waals surface area contributed by atoms with E-state index in [9.17, 15) is 14.4 Å². The van der Waals surface area contributed by atoms with Crippen LogP contribution in [0, 0.1) is 0 Å². The molecule has 0 aliphatic heterocycles. The fourth-order valence-corrected chi connectivity index (χ4v) is 1.01. The number of esters is 2. The molecule has 1 amide bonds. The van der Waals surface area contributed by atoms with Crippen molar-refractivity contribution in [2.45, 2.75) is 26.8 Å². The van der Waals surface area contributed by atoms with Gasteiger partial charge in [0.05, 0.1) is 13.2 Å². The summed E-state index contributed by atoms with van der Waals surface area (Å²) >= 11 is 0. The van der Waals surface area contributed by atoms with Gasteiger partial charge < -0.3 is 14.8 Å². The average Bonchev–Trinajstić information content (AvgIpc) is 2.26. The highest BCUT2D eigenvalue weighted by molar-refractivity contribution is 6.04. The van der Waals surface area contributed by atoms with Gasteiger partial charge in [-0.3, -0.25) is 4.79 Å². The summed E-state index contributed by atoms with van der Waals surface area (Å²) < 4.78 is 9.34. The van der Waals surface area contributed by atoms with E-state index in [1.54, 1.807) is 20.8 Å². The molecule has 0 aromatic heterocycles. The van der Waals surface area contributed by atoms with Gasteiger partial charge in [-0.05, 0) is 26.8 Å². The molecule has 0 aliphatic carbocycles. The molecular formula is C11H17NO5. The first kappa shape index (κ1) is 15.2. The Balaban J connectivity index is 4.66. The molecule has 0 unspecified atom stereocenters. The van der Waals surface area contributed by atoms with Crippen molar-refractivity contribution in [3.8, 4) is 0 Å². The molecule has 17 heavy (non-hydrogen) atoms. The number of rotatable bonds is 6. The van der Waals surface area contributed by atoms with E-state index in [4.69, 9.17) is 0 Å². The van der Waals surface area contributed by atoms with Gasteiger partial charge in [-0.15, -0.1) is 0 Å². The van der Waals surface area contributed by atoms with Crippen LogP contribution in [-0.4, -0.2) is 37.1 Å². The van der Waals surface area contributed by atoms with Crippen LogP contribution in [0.15, 0.2) is 12.2 Å². The molecule has 1 N–H and O–H groups in total. The highest BCUT2D eigenvalue weighted by atomic mass is 16.6. The largest absolute Gasteiger partial charge is 0.464 e. The fraction of sp³-hybridized carbons (Fsp3) is 0.545. The highest BCUT2D eigenvalue weighted by Crippen LogP contribution is 1.95. The third-order valence-electron chi connectivity index (χ3n) is 1.65. The van der Waals surface area contributed by atoms with Crippen LogP contribution < -0.4 is 5.32 Å². The van der Waals surface area contributed by atoms with Crippen LogP contribution in [0.5, 0.6) is 0 Å². The second-order valence-electron chi connectivity index (χ2n) is 2.95. The number of carbonyl (C=O) groups is 3. The lowest BCUT2D eigenvalue weighted by molar-refractivity contribution is -0.159. The number of amides is 1. The van der Waals surface area contributed by atoms with Crippen molar-refractivity contribution < 1.29 is 23.9 Å². The van der Waals surface area contributed by atoms with Crippen LogP contribution in [0.2, 0.25) is 0 Å². The van der Waals surface area contributed by atoms with E-state index in [0.29, 0.717) is 0 Å². The maximum Gasteiger partial charge on any atom is 0.340 e. The molecule has 0 heterocycles. The van der Waals surface area contributed by atoms with Crippen molar-refractivity contribution >= 4 is 17.8 Å². The average molecular weight is 243 g/mol. The molecule has 0 aromatic carbocycles. The Morgan fingerprint density at radius 1 is 1.12 bits per heavy atom. The Labute approximate surface area is 100.0 Å². The number of ether oxygens (including phenoxy) is 2. The molecule has 0 atom stereocenters. The van der Waals surface area contributed by atoms with E-state index in [0.717, 1.165) is 0 Å². The van der Waals surface area contributed by atoms with Crippen molar-refractivity contribution in [3.05, 3.63) is 12.2 Å². The second kappa shape index (κ2) is 8.32. The summed E-state index contributed by atoms with van der Waals surface area (Å²) in [6, 6.07) is -1.42. The second-order valence-corrected chi connectivity index (χ2v) is 2.95. The van der Waals surface area contributed by atoms with Crippen LogP contribution in [0.4, 0.5) is 0 Å². The van der Waals surface area contributed by atoms with E-state index < -0.39 is 23.9 Å². The quantitative estimate of drug-likeness (QED) is 0.408. The molecule has 0 radical (unpaired) electrons. The number of hydrogen-bond donors (Lipinski definition) is 1. The summed E-state index contributed by atoms with van der Waals surface area (Å²) in [7, 11) is 0. The van der Waals surface area contributed by atoms with Gasteiger partial charge in [-0.1, -0.05) is 6.08 Å². The summed E-state index contributed by atoms with van der Waals surface area (Å²) in [6.07, 6.45) is 2.69. The first-order valence-corrected chi connectivity index (χ1v) is 5.33. The summed E-state index contributed by atoms with van der Waals surface area (Å²) in [4.78, 5) is 34.1. The van der Waals surface area contributed by atoms with Crippen molar-refractivity contribution in [2.75, 3.05) is 13.2 Å². The van der Waals surface area contributed by atoms with Crippen LogP contribution >= 0.6 is 0 Å². The Kier molecular flexibility index (Phi) is 7.41. The maximum absolute atomic E-state index is 11.4. The maximum atomic E-state index is 11.4. The highest BCUT2D eigenvalue weighted by Gasteiger charge is 2.30.